The number of alkyl halides is 3. The van der Waals surface area contributed by atoms with Crippen molar-refractivity contribution in [2.45, 2.75) is 36.0 Å². The highest BCUT2D eigenvalue weighted by Crippen LogP contribution is 2.34. The molecule has 0 saturated carbocycles. The van der Waals surface area contributed by atoms with Crippen molar-refractivity contribution >= 4 is 52.4 Å². The van der Waals surface area contributed by atoms with Gasteiger partial charge in [0.05, 0.1) is 21.2 Å². The van der Waals surface area contributed by atoms with Crippen molar-refractivity contribution < 1.29 is 27.6 Å². The molecule has 2 aliphatic rings. The minimum Gasteiger partial charge on any atom is -0.341 e. The van der Waals surface area contributed by atoms with Crippen LogP contribution < -0.4 is 10.6 Å². The maximum atomic E-state index is 13.8. The van der Waals surface area contributed by atoms with Crippen LogP contribution in [0.15, 0.2) is 34.8 Å². The number of hydrogen-bond acceptors (Lipinski definition) is 7. The number of rotatable bonds is 6. The number of pyridine rings is 1. The van der Waals surface area contributed by atoms with Crippen LogP contribution in [-0.2, 0) is 15.8 Å². The van der Waals surface area contributed by atoms with Crippen molar-refractivity contribution in [3.8, 4) is 0 Å². The average Bonchev–Trinajstić information content (AvgIpc) is 3.32. The van der Waals surface area contributed by atoms with Crippen molar-refractivity contribution in [1.29, 1.82) is 0 Å². The Labute approximate surface area is 231 Å². The normalized spacial score (nSPS) is 18.1. The summed E-state index contributed by atoms with van der Waals surface area (Å²) in [7, 11) is 0. The Hall–Kier alpha value is -2.35. The molecule has 0 bridgehead atoms. The molecule has 38 heavy (non-hydrogen) atoms. The first-order chi connectivity index (χ1) is 18.1. The van der Waals surface area contributed by atoms with Crippen LogP contribution in [0.1, 0.15) is 34.5 Å². The molecule has 2 saturated heterocycles. The second-order valence-electron chi connectivity index (χ2n) is 9.09. The van der Waals surface area contributed by atoms with E-state index in [1.54, 1.807) is 15.9 Å². The van der Waals surface area contributed by atoms with Crippen LogP contribution in [0.2, 0.25) is 5.02 Å². The topological polar surface area (TPSA) is 94.6 Å². The van der Waals surface area contributed by atoms with Crippen molar-refractivity contribution in [3.05, 3.63) is 45.2 Å². The van der Waals surface area contributed by atoms with Gasteiger partial charge in [-0.15, -0.1) is 11.3 Å². The van der Waals surface area contributed by atoms with Gasteiger partial charge in [0, 0.05) is 32.4 Å². The first kappa shape index (κ1) is 28.7. The van der Waals surface area contributed by atoms with Gasteiger partial charge in [-0.25, -0.2) is 4.98 Å². The maximum absolute atomic E-state index is 13.8. The molecule has 0 unspecified atom stereocenters. The van der Waals surface area contributed by atoms with Gasteiger partial charge in [-0.05, 0) is 49.9 Å². The molecule has 0 spiro atoms. The third-order valence-electron chi connectivity index (χ3n) is 6.52. The summed E-state index contributed by atoms with van der Waals surface area (Å²) in [5.41, 5.74) is -2.07. The zero-order chi connectivity index (χ0) is 27.3. The molecule has 2 N–H and O–H groups in total. The fraction of sp³-hybridized carbons (Fsp3) is 0.500. The smallest absolute Gasteiger partial charge is 0.341 e. The van der Waals surface area contributed by atoms with E-state index in [4.69, 9.17) is 11.6 Å². The van der Waals surface area contributed by atoms with Gasteiger partial charge >= 0.3 is 6.18 Å². The Morgan fingerprint density at radius 1 is 1.16 bits per heavy atom. The predicted molar refractivity (Wildman–Crippen MR) is 139 cm³/mol. The predicted octanol–water partition coefficient (Wildman–Crippen LogP) is 3.52. The number of carbonyl (C=O) groups is 3. The Balaban J connectivity index is 1.39. The first-order valence-corrected chi connectivity index (χ1v) is 14.3. The molecule has 2 fully saturated rings. The lowest BCUT2D eigenvalue weighted by atomic mass is 9.86. The van der Waals surface area contributed by atoms with Gasteiger partial charge in [0.25, 0.3) is 5.91 Å². The summed E-state index contributed by atoms with van der Waals surface area (Å²) in [6, 6.07) is 4.39. The largest absolute Gasteiger partial charge is 0.417 e. The van der Waals surface area contributed by atoms with E-state index in [0.717, 1.165) is 17.8 Å². The third kappa shape index (κ3) is 6.80. The standard InChI is InChI=1S/C24H27ClF3N5O3S2/c25-17-13-16(24(26,27)28)14-30-20(17)38-15-19(34)31-23(4-6-29-7-5-23)22(36)33-9-2-8-32(10-11-33)21(35)18-3-1-12-37-18/h1,3,12-14,29H,2,4-11,15H2,(H,31,34). The third-order valence-corrected chi connectivity index (χ3v) is 8.79. The lowest BCUT2D eigenvalue weighted by Crippen LogP contribution is -2.64. The Morgan fingerprint density at radius 3 is 2.53 bits per heavy atom. The second kappa shape index (κ2) is 12.2. The number of hydrogen-bond donors (Lipinski definition) is 2. The maximum Gasteiger partial charge on any atom is 0.417 e. The molecule has 0 aliphatic carbocycles. The molecule has 14 heteroatoms. The lowest BCUT2D eigenvalue weighted by molar-refractivity contribution is -0.142. The number of thioether (sulfide) groups is 1. The molecule has 0 aromatic carbocycles. The molecule has 4 rings (SSSR count). The highest BCUT2D eigenvalue weighted by Gasteiger charge is 2.43. The van der Waals surface area contributed by atoms with E-state index < -0.39 is 23.2 Å². The van der Waals surface area contributed by atoms with Gasteiger partial charge in [0.2, 0.25) is 11.8 Å². The van der Waals surface area contributed by atoms with E-state index in [0.29, 0.717) is 69.6 Å². The van der Waals surface area contributed by atoms with Crippen LogP contribution in [-0.4, -0.2) is 83.1 Å². The number of halogens is 4. The Kier molecular flexibility index (Phi) is 9.22. The van der Waals surface area contributed by atoms with Crippen molar-refractivity contribution in [3.63, 3.8) is 0 Å². The van der Waals surface area contributed by atoms with E-state index in [-0.39, 0.29) is 27.6 Å². The summed E-state index contributed by atoms with van der Waals surface area (Å²) in [5, 5.41) is 7.87. The summed E-state index contributed by atoms with van der Waals surface area (Å²) in [4.78, 5) is 47.4. The van der Waals surface area contributed by atoms with E-state index in [9.17, 15) is 27.6 Å². The van der Waals surface area contributed by atoms with Crippen LogP contribution in [0.5, 0.6) is 0 Å². The monoisotopic (exact) mass is 589 g/mol. The number of amides is 3. The molecular weight excluding hydrogens is 563 g/mol. The molecular formula is C24H27ClF3N5O3S2. The average molecular weight is 590 g/mol. The highest BCUT2D eigenvalue weighted by molar-refractivity contribution is 8.00. The number of piperidine rings is 1. The van der Waals surface area contributed by atoms with Gasteiger partial charge < -0.3 is 20.4 Å². The molecule has 2 aromatic heterocycles. The zero-order valence-corrected chi connectivity index (χ0v) is 22.7. The Bertz CT molecular complexity index is 1160. The second-order valence-corrected chi connectivity index (χ2v) is 11.4. The van der Waals surface area contributed by atoms with Crippen LogP contribution in [0, 0.1) is 0 Å². The van der Waals surface area contributed by atoms with Gasteiger partial charge in [-0.1, -0.05) is 29.4 Å². The SMILES string of the molecule is O=C(CSc1ncc(C(F)(F)F)cc1Cl)NC1(C(=O)N2CCCN(C(=O)c3cccs3)CC2)CCNCC1. The number of thiophene rings is 1. The van der Waals surface area contributed by atoms with Crippen LogP contribution in [0.4, 0.5) is 13.2 Å². The Morgan fingerprint density at radius 2 is 1.87 bits per heavy atom. The van der Waals surface area contributed by atoms with Crippen LogP contribution in [0.25, 0.3) is 0 Å². The summed E-state index contributed by atoms with van der Waals surface area (Å²) in [6.07, 6.45) is -2.47. The molecule has 2 aliphatic heterocycles. The first-order valence-electron chi connectivity index (χ1n) is 12.1. The van der Waals surface area contributed by atoms with Gasteiger partial charge in [-0.3, -0.25) is 14.4 Å². The minimum absolute atomic E-state index is 0.0493. The lowest BCUT2D eigenvalue weighted by Gasteiger charge is -2.40. The number of nitrogens with one attached hydrogen (secondary N) is 2. The van der Waals surface area contributed by atoms with Crippen molar-refractivity contribution in [2.24, 2.45) is 0 Å². The van der Waals surface area contributed by atoms with Crippen LogP contribution in [0.3, 0.4) is 0 Å². The molecule has 0 radical (unpaired) electrons. The zero-order valence-electron chi connectivity index (χ0n) is 20.4. The molecule has 4 heterocycles. The van der Waals surface area contributed by atoms with E-state index >= 15 is 0 Å². The van der Waals surface area contributed by atoms with Gasteiger partial charge in [0.1, 0.15) is 10.6 Å². The number of carbonyl (C=O) groups excluding carboxylic acids is 3. The van der Waals surface area contributed by atoms with Gasteiger partial charge in [-0.2, -0.15) is 13.2 Å². The fourth-order valence-corrected chi connectivity index (χ4v) is 6.24. The summed E-state index contributed by atoms with van der Waals surface area (Å²) >= 11 is 8.25. The number of nitrogens with zero attached hydrogens (tertiary/aromatic N) is 3. The van der Waals surface area contributed by atoms with Crippen molar-refractivity contribution in [1.82, 2.24) is 25.4 Å². The van der Waals surface area contributed by atoms with E-state index in [1.807, 2.05) is 11.4 Å². The van der Waals surface area contributed by atoms with Crippen LogP contribution >= 0.6 is 34.7 Å². The van der Waals surface area contributed by atoms with Gasteiger partial charge in [0.15, 0.2) is 0 Å². The highest BCUT2D eigenvalue weighted by atomic mass is 35.5. The fourth-order valence-electron chi connectivity index (χ4n) is 4.55. The van der Waals surface area contributed by atoms with Crippen molar-refractivity contribution in [2.75, 3.05) is 45.0 Å². The molecule has 0 atom stereocenters. The summed E-state index contributed by atoms with van der Waals surface area (Å²) < 4.78 is 38.6. The quantitative estimate of drug-likeness (QED) is 0.501. The summed E-state index contributed by atoms with van der Waals surface area (Å²) in [6.45, 7) is 2.86. The molecule has 8 nitrogen and oxygen atoms in total. The number of aromatic nitrogens is 1. The molecule has 2 aromatic rings. The van der Waals surface area contributed by atoms with E-state index in [2.05, 4.69) is 15.6 Å². The molecule has 206 valence electrons. The molecule has 3 amide bonds. The van der Waals surface area contributed by atoms with E-state index in [1.165, 1.54) is 11.3 Å². The summed E-state index contributed by atoms with van der Waals surface area (Å²) in [5.74, 6) is -0.837. The minimum atomic E-state index is -4.57.